The first-order valence-electron chi connectivity index (χ1n) is 10.7. The van der Waals surface area contributed by atoms with Gasteiger partial charge in [0.2, 0.25) is 0 Å². The molecule has 0 bridgehead atoms. The van der Waals surface area contributed by atoms with Gasteiger partial charge >= 0.3 is 0 Å². The van der Waals surface area contributed by atoms with Crippen LogP contribution < -0.4 is 0 Å². The molecule has 0 nitrogen and oxygen atoms in total. The summed E-state index contributed by atoms with van der Waals surface area (Å²) < 4.78 is 0. The van der Waals surface area contributed by atoms with Crippen LogP contribution in [-0.4, -0.2) is 0 Å². The molecule has 1 aromatic rings. The zero-order chi connectivity index (χ0) is 21.5. The lowest BCUT2D eigenvalue weighted by Gasteiger charge is -2.00. The monoisotopic (exact) mass is 364 g/mol. The predicted octanol–water partition coefficient (Wildman–Crippen LogP) is 9.72. The van der Waals surface area contributed by atoms with Gasteiger partial charge in [0, 0.05) is 0 Å². The van der Waals surface area contributed by atoms with Crippen LogP contribution in [0.15, 0.2) is 30.9 Å². The molecule has 0 unspecified atom stereocenters. The zero-order valence-corrected chi connectivity index (χ0v) is 20.5. The highest BCUT2D eigenvalue weighted by atomic mass is 14.0. The van der Waals surface area contributed by atoms with E-state index in [9.17, 15) is 0 Å². The van der Waals surface area contributed by atoms with Gasteiger partial charge in [0.05, 0.1) is 0 Å². The van der Waals surface area contributed by atoms with E-state index in [2.05, 4.69) is 87.1 Å². The largest absolute Gasteiger partial charge is 0.103 e. The molecule has 0 radical (unpaired) electrons. The topological polar surface area (TPSA) is 0 Å². The minimum absolute atomic E-state index is 0.833. The predicted molar refractivity (Wildman–Crippen MR) is 127 cm³/mol. The Morgan fingerprint density at radius 3 is 1.27 bits per heavy atom. The average Bonchev–Trinajstić information content (AvgIpc) is 2.48. The number of allylic oxidation sites excluding steroid dienone is 1. The van der Waals surface area contributed by atoms with E-state index in [0.717, 1.165) is 11.8 Å². The lowest BCUT2D eigenvalue weighted by molar-refractivity contribution is 0.534. The van der Waals surface area contributed by atoms with E-state index >= 15 is 0 Å². The summed E-state index contributed by atoms with van der Waals surface area (Å²) in [5.41, 5.74) is 4.06. The standard InChI is InChI=1S/C9H12.C8H18.C4H10.C3H6.C2H6/c1-7-4-8(2)6-9(3)5-7;1-4-5-6-7-8(2)3;1-4(2)3;1-3-2;1-2/h4-6H,1-3H3;8H,4-7H2,1-3H3;4H,1-3H3;3H,1H2,2H3;1-2H3. The van der Waals surface area contributed by atoms with Crippen molar-refractivity contribution in [2.24, 2.45) is 11.8 Å². The van der Waals surface area contributed by atoms with Crippen LogP contribution in [0.3, 0.4) is 0 Å². The first-order valence-corrected chi connectivity index (χ1v) is 10.7. The molecular weight excluding hydrogens is 312 g/mol. The van der Waals surface area contributed by atoms with E-state index in [-0.39, 0.29) is 0 Å². The molecule has 0 N–H and O–H groups in total. The van der Waals surface area contributed by atoms with Gasteiger partial charge in [-0.25, -0.2) is 0 Å². The summed E-state index contributed by atoms with van der Waals surface area (Å²) in [5, 5.41) is 0. The Morgan fingerprint density at radius 2 is 1.08 bits per heavy atom. The minimum atomic E-state index is 0.833. The zero-order valence-electron chi connectivity index (χ0n) is 20.5. The lowest BCUT2D eigenvalue weighted by Crippen LogP contribution is -1.85. The fourth-order valence-corrected chi connectivity index (χ4v) is 2.00. The number of benzene rings is 1. The number of unbranched alkanes of at least 4 members (excludes halogenated alkanes) is 2. The smallest absolute Gasteiger partial charge is 0.0398 e. The molecule has 0 aromatic heterocycles. The Balaban J connectivity index is -0.000000130. The second-order valence-electron chi connectivity index (χ2n) is 7.69. The van der Waals surface area contributed by atoms with E-state index in [1.165, 1.54) is 42.4 Å². The van der Waals surface area contributed by atoms with Crippen LogP contribution in [0.5, 0.6) is 0 Å². The van der Waals surface area contributed by atoms with Gasteiger partial charge in [0.1, 0.15) is 0 Å². The molecule has 0 heteroatoms. The van der Waals surface area contributed by atoms with Crippen molar-refractivity contribution in [1.29, 1.82) is 0 Å². The Labute approximate surface area is 168 Å². The average molecular weight is 365 g/mol. The van der Waals surface area contributed by atoms with Crippen molar-refractivity contribution in [3.63, 3.8) is 0 Å². The highest BCUT2D eigenvalue weighted by Crippen LogP contribution is 2.07. The molecule has 1 aromatic carbocycles. The number of rotatable bonds is 4. The summed E-state index contributed by atoms with van der Waals surface area (Å²) in [6.07, 6.45) is 7.35. The van der Waals surface area contributed by atoms with Crippen LogP contribution in [-0.2, 0) is 0 Å². The van der Waals surface area contributed by atoms with Crippen molar-refractivity contribution in [3.8, 4) is 0 Å². The van der Waals surface area contributed by atoms with Gasteiger partial charge in [-0.05, 0) is 39.5 Å². The number of hydrogen-bond acceptors (Lipinski definition) is 0. The summed E-state index contributed by atoms with van der Waals surface area (Å²) in [4.78, 5) is 0. The molecule has 0 fully saturated rings. The minimum Gasteiger partial charge on any atom is -0.103 e. The Morgan fingerprint density at radius 1 is 0.808 bits per heavy atom. The van der Waals surface area contributed by atoms with Crippen molar-refractivity contribution < 1.29 is 0 Å². The molecule has 0 atom stereocenters. The molecule has 0 saturated carbocycles. The SMILES string of the molecule is C=CC.CC.CC(C)C.CCCCCC(C)C.Cc1cc(C)cc(C)c1. The highest BCUT2D eigenvalue weighted by Gasteiger charge is 1.90. The van der Waals surface area contributed by atoms with E-state index in [0.29, 0.717) is 0 Å². The Kier molecular flexibility index (Phi) is 32.9. The molecule has 1 rings (SSSR count). The van der Waals surface area contributed by atoms with Crippen LogP contribution in [0.1, 0.15) is 105 Å². The van der Waals surface area contributed by atoms with Crippen LogP contribution in [0.4, 0.5) is 0 Å². The van der Waals surface area contributed by atoms with Crippen molar-refractivity contribution in [2.45, 2.75) is 109 Å². The Hall–Kier alpha value is -1.04. The highest BCUT2D eigenvalue weighted by molar-refractivity contribution is 5.27. The number of hydrogen-bond donors (Lipinski definition) is 0. The van der Waals surface area contributed by atoms with Crippen LogP contribution >= 0.6 is 0 Å². The first-order chi connectivity index (χ1) is 12.1. The molecule has 0 aliphatic heterocycles. The Bertz CT molecular complexity index is 318. The van der Waals surface area contributed by atoms with Crippen molar-refractivity contribution >= 4 is 0 Å². The lowest BCUT2D eigenvalue weighted by atomic mass is 10.1. The molecule has 0 amide bonds. The summed E-state index contributed by atoms with van der Waals surface area (Å²) >= 11 is 0. The maximum Gasteiger partial charge on any atom is -0.0398 e. The van der Waals surface area contributed by atoms with E-state index in [1.807, 2.05) is 20.8 Å². The third-order valence-electron chi connectivity index (χ3n) is 2.75. The van der Waals surface area contributed by atoms with E-state index in [4.69, 9.17) is 0 Å². The van der Waals surface area contributed by atoms with Crippen LogP contribution in [0, 0.1) is 32.6 Å². The summed E-state index contributed by atoms with van der Waals surface area (Å²) in [7, 11) is 0. The van der Waals surface area contributed by atoms with Gasteiger partial charge < -0.3 is 0 Å². The quantitative estimate of drug-likeness (QED) is 0.368. The molecule has 0 aliphatic carbocycles. The summed E-state index contributed by atoms with van der Waals surface area (Å²) in [6, 6.07) is 6.56. The van der Waals surface area contributed by atoms with Gasteiger partial charge in [0.25, 0.3) is 0 Å². The van der Waals surface area contributed by atoms with E-state index < -0.39 is 0 Å². The summed E-state index contributed by atoms with van der Waals surface area (Å²) in [6.45, 7) is 29.0. The fraction of sp³-hybridized carbons (Fsp3) is 0.692. The van der Waals surface area contributed by atoms with Gasteiger partial charge in [-0.3, -0.25) is 0 Å². The van der Waals surface area contributed by atoms with Crippen LogP contribution in [0.25, 0.3) is 0 Å². The maximum absolute atomic E-state index is 3.36. The van der Waals surface area contributed by atoms with Gasteiger partial charge in [-0.2, -0.15) is 0 Å². The third kappa shape index (κ3) is 43.5. The van der Waals surface area contributed by atoms with Crippen molar-refractivity contribution in [2.75, 3.05) is 0 Å². The second-order valence-corrected chi connectivity index (χ2v) is 7.69. The molecule has 0 spiro atoms. The normalized spacial score (nSPS) is 8.69. The molecule has 0 saturated heterocycles. The van der Waals surface area contributed by atoms with Gasteiger partial charge in [-0.15, -0.1) is 6.58 Å². The van der Waals surface area contributed by atoms with Crippen molar-refractivity contribution in [1.82, 2.24) is 0 Å². The van der Waals surface area contributed by atoms with Gasteiger partial charge in [-0.1, -0.05) is 122 Å². The van der Waals surface area contributed by atoms with Crippen LogP contribution in [0.2, 0.25) is 0 Å². The fourth-order valence-electron chi connectivity index (χ4n) is 2.00. The van der Waals surface area contributed by atoms with E-state index in [1.54, 1.807) is 6.08 Å². The number of aryl methyl sites for hydroxylation is 3. The molecular formula is C26H52. The summed E-state index contributed by atoms with van der Waals surface area (Å²) in [5.74, 6) is 1.74. The third-order valence-corrected chi connectivity index (χ3v) is 2.75. The molecule has 0 aliphatic rings. The molecule has 0 heterocycles. The molecule has 26 heavy (non-hydrogen) atoms. The molecule has 156 valence electrons. The second kappa shape index (κ2) is 26.2. The maximum atomic E-state index is 3.36. The van der Waals surface area contributed by atoms with Crippen molar-refractivity contribution in [3.05, 3.63) is 47.5 Å². The first kappa shape index (κ1) is 32.6. The van der Waals surface area contributed by atoms with Gasteiger partial charge in [0.15, 0.2) is 0 Å².